The smallest absolute Gasteiger partial charge is 0.121 e. The maximum Gasteiger partial charge on any atom is 0.121 e. The van der Waals surface area contributed by atoms with Gasteiger partial charge in [-0.15, -0.1) is 5.10 Å². The summed E-state index contributed by atoms with van der Waals surface area (Å²) < 4.78 is 6.61. The predicted octanol–water partition coefficient (Wildman–Crippen LogP) is 1.67. The zero-order valence-electron chi connectivity index (χ0n) is 8.58. The van der Waals surface area contributed by atoms with E-state index in [1.807, 2.05) is 31.3 Å². The van der Waals surface area contributed by atoms with Gasteiger partial charge in [0.2, 0.25) is 0 Å². The van der Waals surface area contributed by atoms with Crippen LogP contribution in [0, 0.1) is 0 Å². The first kappa shape index (κ1) is 9.29. The second kappa shape index (κ2) is 3.28. The van der Waals surface area contributed by atoms with Crippen LogP contribution in [0.1, 0.15) is 0 Å². The Labute approximate surface area is 95.7 Å². The summed E-state index contributed by atoms with van der Waals surface area (Å²) in [6.45, 7) is 0. The van der Waals surface area contributed by atoms with E-state index in [0.717, 1.165) is 21.5 Å². The van der Waals surface area contributed by atoms with Crippen molar-refractivity contribution in [2.75, 3.05) is 5.73 Å². The van der Waals surface area contributed by atoms with Crippen LogP contribution in [-0.2, 0) is 7.05 Å². The fraction of sp³-hybridized carbons (Fsp3) is 0.100. The summed E-state index contributed by atoms with van der Waals surface area (Å²) in [5.41, 5.74) is 8.57. The lowest BCUT2D eigenvalue weighted by Gasteiger charge is -1.95. The van der Waals surface area contributed by atoms with E-state index in [2.05, 4.69) is 14.7 Å². The van der Waals surface area contributed by atoms with Crippen LogP contribution in [0.2, 0.25) is 0 Å². The molecule has 2 heterocycles. The molecular weight excluding hydrogens is 222 g/mol. The second-order valence-corrected chi connectivity index (χ2v) is 4.32. The molecule has 0 saturated carbocycles. The number of benzene rings is 1. The highest BCUT2D eigenvalue weighted by atomic mass is 32.1. The van der Waals surface area contributed by atoms with Gasteiger partial charge in [-0.3, -0.25) is 4.68 Å². The van der Waals surface area contributed by atoms with Crippen LogP contribution in [0.15, 0.2) is 24.3 Å². The van der Waals surface area contributed by atoms with Crippen molar-refractivity contribution in [3.05, 3.63) is 24.3 Å². The molecule has 0 saturated heterocycles. The minimum atomic E-state index is 0.650. The van der Waals surface area contributed by atoms with E-state index in [9.17, 15) is 0 Å². The molecule has 3 rings (SSSR count). The van der Waals surface area contributed by atoms with E-state index in [0.29, 0.717) is 5.82 Å². The number of hydrogen-bond acceptors (Lipinski definition) is 5. The van der Waals surface area contributed by atoms with Gasteiger partial charge in [-0.25, -0.2) is 0 Å². The molecule has 3 aromatic rings. The van der Waals surface area contributed by atoms with Gasteiger partial charge in [0.25, 0.3) is 0 Å². The molecule has 0 atom stereocenters. The Morgan fingerprint density at radius 2 is 2.19 bits per heavy atom. The zero-order valence-corrected chi connectivity index (χ0v) is 9.40. The molecule has 0 amide bonds. The molecule has 0 unspecified atom stereocenters. The Balaban J connectivity index is 2.17. The Hall–Kier alpha value is -1.95. The number of anilines is 1. The van der Waals surface area contributed by atoms with Gasteiger partial charge in [-0.05, 0) is 23.7 Å². The summed E-state index contributed by atoms with van der Waals surface area (Å²) in [6.07, 6.45) is 0. The summed E-state index contributed by atoms with van der Waals surface area (Å²) in [5, 5.41) is 8.32. The number of fused-ring (bicyclic) bond motifs is 1. The van der Waals surface area contributed by atoms with E-state index in [1.165, 1.54) is 11.5 Å². The second-order valence-electron chi connectivity index (χ2n) is 3.53. The van der Waals surface area contributed by atoms with Crippen LogP contribution in [0.25, 0.3) is 21.5 Å². The number of aromatic nitrogens is 4. The normalized spacial score (nSPS) is 11.1. The summed E-state index contributed by atoms with van der Waals surface area (Å²) in [7, 11) is 1.83. The number of rotatable bonds is 1. The van der Waals surface area contributed by atoms with Crippen molar-refractivity contribution in [3.63, 3.8) is 0 Å². The predicted molar refractivity (Wildman–Crippen MR) is 64.0 cm³/mol. The molecule has 2 N–H and O–H groups in total. The van der Waals surface area contributed by atoms with Crippen molar-refractivity contribution >= 4 is 27.6 Å². The number of aryl methyl sites for hydroxylation is 1. The minimum absolute atomic E-state index is 0.650. The Morgan fingerprint density at radius 3 is 2.94 bits per heavy atom. The third-order valence-electron chi connectivity index (χ3n) is 2.46. The molecule has 0 fully saturated rings. The van der Waals surface area contributed by atoms with E-state index in [-0.39, 0.29) is 0 Å². The summed E-state index contributed by atoms with van der Waals surface area (Å²) in [6, 6.07) is 7.81. The quantitative estimate of drug-likeness (QED) is 0.691. The molecule has 5 nitrogen and oxygen atoms in total. The largest absolute Gasteiger partial charge is 0.384 e. The maximum atomic E-state index is 5.75. The molecule has 0 radical (unpaired) electrons. The summed E-state index contributed by atoms with van der Waals surface area (Å²) in [5.74, 6) is 0.650. The average Bonchev–Trinajstić information content (AvgIpc) is 2.85. The Bertz CT molecular complexity index is 635. The van der Waals surface area contributed by atoms with Crippen molar-refractivity contribution in [2.45, 2.75) is 0 Å². The minimum Gasteiger partial charge on any atom is -0.384 e. The first-order chi connectivity index (χ1) is 7.74. The van der Waals surface area contributed by atoms with Gasteiger partial charge < -0.3 is 5.73 Å². The van der Waals surface area contributed by atoms with Crippen LogP contribution in [0.3, 0.4) is 0 Å². The average molecular weight is 231 g/mol. The van der Waals surface area contributed by atoms with E-state index < -0.39 is 0 Å². The Kier molecular flexibility index (Phi) is 1.90. The highest BCUT2D eigenvalue weighted by Crippen LogP contribution is 2.25. The van der Waals surface area contributed by atoms with Gasteiger partial charge in [-0.2, -0.15) is 5.10 Å². The molecule has 80 valence electrons. The fourth-order valence-electron chi connectivity index (χ4n) is 1.56. The number of nitrogens with two attached hydrogens (primary N) is 1. The third kappa shape index (κ3) is 1.35. The van der Waals surface area contributed by atoms with Crippen molar-refractivity contribution in [3.8, 4) is 11.3 Å². The van der Waals surface area contributed by atoms with Gasteiger partial charge >= 0.3 is 0 Å². The Morgan fingerprint density at radius 1 is 1.31 bits per heavy atom. The van der Waals surface area contributed by atoms with Crippen molar-refractivity contribution in [1.82, 2.24) is 19.4 Å². The van der Waals surface area contributed by atoms with E-state index >= 15 is 0 Å². The molecular formula is C10H9N5S. The van der Waals surface area contributed by atoms with Crippen molar-refractivity contribution in [1.29, 1.82) is 0 Å². The lowest BCUT2D eigenvalue weighted by atomic mass is 10.1. The molecule has 0 aliphatic carbocycles. The highest BCUT2D eigenvalue weighted by Gasteiger charge is 2.06. The molecule has 0 spiro atoms. The van der Waals surface area contributed by atoms with Crippen LogP contribution < -0.4 is 5.73 Å². The fourth-order valence-corrected chi connectivity index (χ4v) is 2.16. The van der Waals surface area contributed by atoms with E-state index in [4.69, 9.17) is 5.73 Å². The maximum absolute atomic E-state index is 5.75. The van der Waals surface area contributed by atoms with Crippen LogP contribution in [0.4, 0.5) is 5.82 Å². The molecule has 0 bridgehead atoms. The molecule has 0 aliphatic rings. The van der Waals surface area contributed by atoms with Gasteiger partial charge in [0.1, 0.15) is 11.3 Å². The lowest BCUT2D eigenvalue weighted by Crippen LogP contribution is -1.96. The molecule has 0 aliphatic heterocycles. The third-order valence-corrected chi connectivity index (χ3v) is 3.15. The monoisotopic (exact) mass is 231 g/mol. The number of hydrogen-bond donors (Lipinski definition) is 1. The molecule has 1 aromatic carbocycles. The van der Waals surface area contributed by atoms with Gasteiger partial charge in [0.05, 0.1) is 10.4 Å². The van der Waals surface area contributed by atoms with E-state index in [1.54, 1.807) is 4.68 Å². The van der Waals surface area contributed by atoms with Crippen LogP contribution >= 0.6 is 11.5 Å². The first-order valence-electron chi connectivity index (χ1n) is 4.76. The highest BCUT2D eigenvalue weighted by molar-refractivity contribution is 7.12. The van der Waals surface area contributed by atoms with Crippen molar-refractivity contribution < 1.29 is 0 Å². The zero-order chi connectivity index (χ0) is 11.1. The van der Waals surface area contributed by atoms with Crippen molar-refractivity contribution in [2.24, 2.45) is 7.05 Å². The van der Waals surface area contributed by atoms with Gasteiger partial charge in [-0.1, -0.05) is 10.6 Å². The van der Waals surface area contributed by atoms with Gasteiger partial charge in [0.15, 0.2) is 0 Å². The lowest BCUT2D eigenvalue weighted by molar-refractivity contribution is 0.782. The first-order valence-corrected chi connectivity index (χ1v) is 5.53. The van der Waals surface area contributed by atoms with Crippen LogP contribution in [0.5, 0.6) is 0 Å². The topological polar surface area (TPSA) is 69.6 Å². The molecule has 2 aromatic heterocycles. The van der Waals surface area contributed by atoms with Gasteiger partial charge in [0, 0.05) is 18.7 Å². The number of nitrogen functional groups attached to an aromatic ring is 1. The molecule has 16 heavy (non-hydrogen) atoms. The summed E-state index contributed by atoms with van der Waals surface area (Å²) in [4.78, 5) is 0. The molecule has 6 heteroatoms. The summed E-state index contributed by atoms with van der Waals surface area (Å²) >= 11 is 1.38. The SMILES string of the molecule is Cn1nc(-c2ccc3nnsc3c2)cc1N. The van der Waals surface area contributed by atoms with Crippen LogP contribution in [-0.4, -0.2) is 19.4 Å². The standard InChI is InChI=1S/C10H9N5S/c1-15-10(11)5-8(13-15)6-2-3-7-9(4-6)16-14-12-7/h2-5H,11H2,1H3. The number of nitrogens with zero attached hydrogens (tertiary/aromatic N) is 4.